The minimum Gasteiger partial charge on any atom is -0.357 e. The van der Waals surface area contributed by atoms with E-state index in [-0.39, 0.29) is 5.75 Å². The number of sulfonamides is 1. The summed E-state index contributed by atoms with van der Waals surface area (Å²) in [5, 5.41) is 6.31. The van der Waals surface area contributed by atoms with Gasteiger partial charge in [-0.05, 0) is 44.0 Å². The van der Waals surface area contributed by atoms with E-state index in [9.17, 15) is 8.42 Å². The number of hydrogen-bond donors (Lipinski definition) is 2. The highest BCUT2D eigenvalue weighted by atomic mass is 32.2. The lowest BCUT2D eigenvalue weighted by Gasteiger charge is -2.20. The van der Waals surface area contributed by atoms with Crippen molar-refractivity contribution >= 4 is 33.0 Å². The number of hydrogen-bond acceptors (Lipinski definition) is 4. The van der Waals surface area contributed by atoms with Crippen LogP contribution in [0.3, 0.4) is 0 Å². The van der Waals surface area contributed by atoms with Gasteiger partial charge in [-0.2, -0.15) is 0 Å². The maximum Gasteiger partial charge on any atom is 0.236 e. The Morgan fingerprint density at radius 2 is 2.04 bits per heavy atom. The average Bonchev–Trinajstić information content (AvgIpc) is 3.26. The molecule has 2 heterocycles. The summed E-state index contributed by atoms with van der Waals surface area (Å²) < 4.78 is 27.0. The quantitative estimate of drug-likeness (QED) is 0.547. The van der Waals surface area contributed by atoms with Crippen LogP contribution in [0.5, 0.6) is 0 Å². The summed E-state index contributed by atoms with van der Waals surface area (Å²) in [7, 11) is -3.36. The summed E-state index contributed by atoms with van der Waals surface area (Å²) in [5.41, 5.74) is 1.90. The van der Waals surface area contributed by atoms with E-state index in [2.05, 4.69) is 34.7 Å². The van der Waals surface area contributed by atoms with Crippen LogP contribution in [-0.4, -0.2) is 39.8 Å². The van der Waals surface area contributed by atoms with Crippen LogP contribution in [0, 0.1) is 6.92 Å². The minimum atomic E-state index is -3.36. The molecular formula is C19H26N4O2S2. The fraction of sp³-hybridized carbons (Fsp3) is 0.421. The van der Waals surface area contributed by atoms with Gasteiger partial charge in [-0.1, -0.05) is 18.2 Å². The van der Waals surface area contributed by atoms with E-state index in [1.165, 1.54) is 14.1 Å². The Bertz CT molecular complexity index is 906. The zero-order chi connectivity index (χ0) is 19.3. The SMILES string of the molecule is CCNC(=NCc1ccc(C)s1)NCCS(=O)(=O)N1CCc2ccccc21. The van der Waals surface area contributed by atoms with E-state index in [4.69, 9.17) is 0 Å². The van der Waals surface area contributed by atoms with Gasteiger partial charge in [-0.3, -0.25) is 4.31 Å². The molecular weight excluding hydrogens is 380 g/mol. The molecule has 0 saturated heterocycles. The lowest BCUT2D eigenvalue weighted by atomic mass is 10.2. The van der Waals surface area contributed by atoms with Crippen LogP contribution < -0.4 is 14.9 Å². The van der Waals surface area contributed by atoms with Gasteiger partial charge in [-0.25, -0.2) is 13.4 Å². The number of anilines is 1. The van der Waals surface area contributed by atoms with Crippen molar-refractivity contribution in [2.45, 2.75) is 26.8 Å². The first-order valence-electron chi connectivity index (χ1n) is 9.15. The van der Waals surface area contributed by atoms with Crippen molar-refractivity contribution in [1.29, 1.82) is 0 Å². The van der Waals surface area contributed by atoms with Crippen LogP contribution in [-0.2, 0) is 23.0 Å². The largest absolute Gasteiger partial charge is 0.357 e. The molecule has 1 aliphatic rings. The number of rotatable bonds is 7. The molecule has 6 nitrogen and oxygen atoms in total. The molecule has 0 bridgehead atoms. The minimum absolute atomic E-state index is 0.0316. The second kappa shape index (κ2) is 8.75. The van der Waals surface area contributed by atoms with Crippen molar-refractivity contribution in [2.75, 3.05) is 29.7 Å². The zero-order valence-corrected chi connectivity index (χ0v) is 17.4. The molecule has 0 spiro atoms. The van der Waals surface area contributed by atoms with Crippen LogP contribution in [0.1, 0.15) is 22.2 Å². The van der Waals surface area contributed by atoms with Crippen molar-refractivity contribution in [3.63, 3.8) is 0 Å². The molecule has 8 heteroatoms. The smallest absolute Gasteiger partial charge is 0.236 e. The Kier molecular flexibility index (Phi) is 6.38. The molecule has 1 aromatic carbocycles. The highest BCUT2D eigenvalue weighted by Gasteiger charge is 2.28. The summed E-state index contributed by atoms with van der Waals surface area (Å²) in [6.45, 7) is 6.21. The van der Waals surface area contributed by atoms with Crippen LogP contribution in [0.15, 0.2) is 41.4 Å². The van der Waals surface area contributed by atoms with Crippen LogP contribution >= 0.6 is 11.3 Å². The Morgan fingerprint density at radius 1 is 1.22 bits per heavy atom. The molecule has 0 fully saturated rings. The number of benzene rings is 1. The van der Waals surface area contributed by atoms with Crippen molar-refractivity contribution in [3.8, 4) is 0 Å². The number of aryl methyl sites for hydroxylation is 1. The second-order valence-corrected chi connectivity index (χ2v) is 9.79. The van der Waals surface area contributed by atoms with Crippen LogP contribution in [0.25, 0.3) is 0 Å². The van der Waals surface area contributed by atoms with Gasteiger partial charge in [0, 0.05) is 29.4 Å². The highest BCUT2D eigenvalue weighted by molar-refractivity contribution is 7.92. The Morgan fingerprint density at radius 3 is 2.78 bits per heavy atom. The van der Waals surface area contributed by atoms with Crippen molar-refractivity contribution in [2.24, 2.45) is 4.99 Å². The Labute approximate surface area is 165 Å². The van der Waals surface area contributed by atoms with Gasteiger partial charge in [-0.15, -0.1) is 11.3 Å². The number of nitrogens with zero attached hydrogens (tertiary/aromatic N) is 2. The summed E-state index contributed by atoms with van der Waals surface area (Å²) in [4.78, 5) is 6.99. The molecule has 2 N–H and O–H groups in total. The van der Waals surface area contributed by atoms with E-state index in [0.717, 1.165) is 24.2 Å². The Balaban J connectivity index is 1.58. The number of fused-ring (bicyclic) bond motifs is 1. The fourth-order valence-corrected chi connectivity index (χ4v) is 5.32. The van der Waals surface area contributed by atoms with Gasteiger partial charge in [0.25, 0.3) is 0 Å². The maximum atomic E-state index is 12.7. The summed E-state index contributed by atoms with van der Waals surface area (Å²) >= 11 is 1.72. The fourth-order valence-electron chi connectivity index (χ4n) is 3.07. The third kappa shape index (κ3) is 5.01. The highest BCUT2D eigenvalue weighted by Crippen LogP contribution is 2.29. The number of aliphatic imine (C=N–C) groups is 1. The summed E-state index contributed by atoms with van der Waals surface area (Å²) in [6.07, 6.45) is 0.771. The standard InChI is InChI=1S/C19H26N4O2S2/c1-3-20-19(22-14-17-9-8-15(2)26-17)21-11-13-27(24,25)23-12-10-16-6-4-5-7-18(16)23/h4-9H,3,10-14H2,1-2H3,(H2,20,21,22). The van der Waals surface area contributed by atoms with E-state index in [1.54, 1.807) is 11.3 Å². The van der Waals surface area contributed by atoms with Crippen LogP contribution in [0.4, 0.5) is 5.69 Å². The molecule has 1 aliphatic heterocycles. The summed E-state index contributed by atoms with van der Waals surface area (Å²) in [6, 6.07) is 11.9. The Hall–Kier alpha value is -2.06. The maximum absolute atomic E-state index is 12.7. The third-order valence-corrected chi connectivity index (χ3v) is 7.12. The van der Waals surface area contributed by atoms with Gasteiger partial charge in [0.2, 0.25) is 10.0 Å². The topological polar surface area (TPSA) is 73.8 Å². The first kappa shape index (κ1) is 19.7. The van der Waals surface area contributed by atoms with E-state index >= 15 is 0 Å². The molecule has 0 aliphatic carbocycles. The first-order chi connectivity index (χ1) is 13.0. The van der Waals surface area contributed by atoms with Crippen molar-refractivity contribution in [3.05, 3.63) is 51.7 Å². The average molecular weight is 407 g/mol. The van der Waals surface area contributed by atoms with E-state index in [1.807, 2.05) is 31.2 Å². The predicted molar refractivity (Wildman–Crippen MR) is 113 cm³/mol. The van der Waals surface area contributed by atoms with Gasteiger partial charge in [0.05, 0.1) is 18.0 Å². The van der Waals surface area contributed by atoms with Gasteiger partial charge in [0.1, 0.15) is 0 Å². The molecule has 27 heavy (non-hydrogen) atoms. The molecule has 3 rings (SSSR count). The van der Waals surface area contributed by atoms with Crippen molar-refractivity contribution < 1.29 is 8.42 Å². The number of thiophene rings is 1. The van der Waals surface area contributed by atoms with Crippen molar-refractivity contribution in [1.82, 2.24) is 10.6 Å². The lowest BCUT2D eigenvalue weighted by molar-refractivity contribution is 0.591. The molecule has 0 saturated carbocycles. The second-order valence-electron chi connectivity index (χ2n) is 6.40. The zero-order valence-electron chi connectivity index (χ0n) is 15.7. The monoisotopic (exact) mass is 406 g/mol. The number of para-hydroxylation sites is 1. The lowest BCUT2D eigenvalue weighted by Crippen LogP contribution is -2.42. The molecule has 146 valence electrons. The van der Waals surface area contributed by atoms with Gasteiger partial charge in [0.15, 0.2) is 5.96 Å². The number of guanidine groups is 1. The molecule has 0 amide bonds. The van der Waals surface area contributed by atoms with Gasteiger partial charge < -0.3 is 10.6 Å². The molecule has 0 radical (unpaired) electrons. The summed E-state index contributed by atoms with van der Waals surface area (Å²) in [5.74, 6) is 0.671. The predicted octanol–water partition coefficient (Wildman–Crippen LogP) is 2.50. The third-order valence-electron chi connectivity index (χ3n) is 4.37. The molecule has 0 unspecified atom stereocenters. The first-order valence-corrected chi connectivity index (χ1v) is 11.6. The van der Waals surface area contributed by atoms with Crippen LogP contribution in [0.2, 0.25) is 0 Å². The number of nitrogens with one attached hydrogen (secondary N) is 2. The molecule has 0 atom stereocenters. The van der Waals surface area contributed by atoms with E-state index < -0.39 is 10.0 Å². The van der Waals surface area contributed by atoms with E-state index in [0.29, 0.717) is 25.6 Å². The van der Waals surface area contributed by atoms with Gasteiger partial charge >= 0.3 is 0 Å². The normalized spacial score (nSPS) is 14.3. The molecule has 1 aromatic heterocycles. The molecule has 2 aromatic rings.